The molecule has 3 N–H and O–H groups in total. The quantitative estimate of drug-likeness (QED) is 0.595. The predicted molar refractivity (Wildman–Crippen MR) is 84.7 cm³/mol. The number of nitrogens with one attached hydrogen (secondary N) is 1. The fourth-order valence-electron chi connectivity index (χ4n) is 1.24. The third-order valence-corrected chi connectivity index (χ3v) is 3.23. The standard InChI is InChI=1S/C14H16BrClN2O2/c1-14(2,3)20-13(19)18-6-4-5-9-7-11(16)10(15)8-12(9)17/h7-8H,6,17H2,1-3H3,(H,18,19). The molecule has 0 aliphatic carbocycles. The van der Waals surface area contributed by atoms with Crippen molar-refractivity contribution in [2.24, 2.45) is 0 Å². The van der Waals surface area contributed by atoms with Gasteiger partial charge in [-0.3, -0.25) is 0 Å². The smallest absolute Gasteiger partial charge is 0.408 e. The summed E-state index contributed by atoms with van der Waals surface area (Å²) in [5.41, 5.74) is 6.42. The lowest BCUT2D eigenvalue weighted by Gasteiger charge is -2.19. The average molecular weight is 360 g/mol. The Morgan fingerprint density at radius 3 is 2.75 bits per heavy atom. The molecule has 6 heteroatoms. The van der Waals surface area contributed by atoms with Gasteiger partial charge in [-0.05, 0) is 48.8 Å². The van der Waals surface area contributed by atoms with E-state index in [9.17, 15) is 4.79 Å². The number of carbonyl (C=O) groups excluding carboxylic acids is 1. The van der Waals surface area contributed by atoms with E-state index in [0.717, 1.165) is 0 Å². The van der Waals surface area contributed by atoms with Crippen LogP contribution < -0.4 is 11.1 Å². The number of alkyl carbamates (subject to hydrolysis) is 1. The van der Waals surface area contributed by atoms with Crippen LogP contribution in [0.5, 0.6) is 0 Å². The SMILES string of the molecule is CC(C)(C)OC(=O)NCC#Cc1cc(Cl)c(Br)cc1N. The van der Waals surface area contributed by atoms with Gasteiger partial charge < -0.3 is 15.8 Å². The monoisotopic (exact) mass is 358 g/mol. The first-order valence-electron chi connectivity index (χ1n) is 5.89. The predicted octanol–water partition coefficient (Wildman–Crippen LogP) is 3.56. The molecule has 0 aliphatic rings. The summed E-state index contributed by atoms with van der Waals surface area (Å²) in [7, 11) is 0. The van der Waals surface area contributed by atoms with E-state index in [1.165, 1.54) is 0 Å². The Balaban J connectivity index is 2.60. The van der Waals surface area contributed by atoms with Gasteiger partial charge in [0, 0.05) is 15.7 Å². The van der Waals surface area contributed by atoms with E-state index in [0.29, 0.717) is 20.7 Å². The maximum Gasteiger partial charge on any atom is 0.408 e. The third kappa shape index (κ3) is 5.72. The van der Waals surface area contributed by atoms with E-state index in [1.54, 1.807) is 32.9 Å². The summed E-state index contributed by atoms with van der Waals surface area (Å²) < 4.78 is 5.80. The first-order chi connectivity index (χ1) is 9.19. The molecule has 0 radical (unpaired) electrons. The van der Waals surface area contributed by atoms with Gasteiger partial charge in [-0.2, -0.15) is 0 Å². The van der Waals surface area contributed by atoms with Crippen LogP contribution in [0.25, 0.3) is 0 Å². The summed E-state index contributed by atoms with van der Waals surface area (Å²) in [6, 6.07) is 3.36. The van der Waals surface area contributed by atoms with Gasteiger partial charge in [0.25, 0.3) is 0 Å². The highest BCUT2D eigenvalue weighted by Crippen LogP contribution is 2.27. The van der Waals surface area contributed by atoms with Crippen molar-refractivity contribution in [1.29, 1.82) is 0 Å². The second kappa shape index (κ2) is 6.87. The third-order valence-electron chi connectivity index (χ3n) is 2.04. The molecule has 0 saturated heterocycles. The van der Waals surface area contributed by atoms with Gasteiger partial charge in [0.1, 0.15) is 5.60 Å². The van der Waals surface area contributed by atoms with E-state index in [4.69, 9.17) is 22.1 Å². The van der Waals surface area contributed by atoms with Crippen LogP contribution in [0, 0.1) is 11.8 Å². The zero-order valence-electron chi connectivity index (χ0n) is 11.5. The van der Waals surface area contributed by atoms with Crippen LogP contribution in [0.3, 0.4) is 0 Å². The molecule has 0 spiro atoms. The molecule has 4 nitrogen and oxygen atoms in total. The minimum absolute atomic E-state index is 0.169. The molecule has 20 heavy (non-hydrogen) atoms. The van der Waals surface area contributed by atoms with E-state index >= 15 is 0 Å². The van der Waals surface area contributed by atoms with Crippen LogP contribution >= 0.6 is 27.5 Å². The Morgan fingerprint density at radius 1 is 1.50 bits per heavy atom. The van der Waals surface area contributed by atoms with Gasteiger partial charge in [-0.25, -0.2) is 4.79 Å². The highest BCUT2D eigenvalue weighted by molar-refractivity contribution is 9.10. The second-order valence-electron chi connectivity index (χ2n) is 5.01. The zero-order chi connectivity index (χ0) is 15.3. The lowest BCUT2D eigenvalue weighted by Crippen LogP contribution is -2.32. The van der Waals surface area contributed by atoms with Crippen LogP contribution in [0.1, 0.15) is 26.3 Å². The molecular weight excluding hydrogens is 344 g/mol. The number of nitrogen functional groups attached to an aromatic ring is 1. The van der Waals surface area contributed by atoms with E-state index in [2.05, 4.69) is 33.1 Å². The van der Waals surface area contributed by atoms with Gasteiger partial charge in [-0.15, -0.1) is 0 Å². The summed E-state index contributed by atoms with van der Waals surface area (Å²) in [4.78, 5) is 11.4. The summed E-state index contributed by atoms with van der Waals surface area (Å²) in [5.74, 6) is 5.64. The fourth-order valence-corrected chi connectivity index (χ4v) is 1.77. The number of benzene rings is 1. The summed E-state index contributed by atoms with van der Waals surface area (Å²) in [6.07, 6.45) is -0.506. The number of nitrogens with two attached hydrogens (primary N) is 1. The second-order valence-corrected chi connectivity index (χ2v) is 6.27. The lowest BCUT2D eigenvalue weighted by molar-refractivity contribution is 0.0535. The number of carbonyl (C=O) groups is 1. The van der Waals surface area contributed by atoms with Crippen LogP contribution in [0.4, 0.5) is 10.5 Å². The number of rotatable bonds is 1. The first-order valence-corrected chi connectivity index (χ1v) is 7.06. The maximum atomic E-state index is 11.4. The Hall–Kier alpha value is -1.38. The number of hydrogen-bond acceptors (Lipinski definition) is 3. The van der Waals surface area contributed by atoms with Crippen molar-refractivity contribution in [3.8, 4) is 11.8 Å². The molecule has 0 unspecified atom stereocenters. The van der Waals surface area contributed by atoms with Crippen molar-refractivity contribution in [3.63, 3.8) is 0 Å². The summed E-state index contributed by atoms with van der Waals surface area (Å²) in [5, 5.41) is 3.07. The molecule has 0 atom stereocenters. The Kier molecular flexibility index (Phi) is 5.73. The number of halogens is 2. The number of anilines is 1. The Bertz CT molecular complexity index is 571. The van der Waals surface area contributed by atoms with Crippen molar-refractivity contribution in [2.75, 3.05) is 12.3 Å². The average Bonchev–Trinajstić information content (AvgIpc) is 2.28. The molecule has 0 fully saturated rings. The molecule has 0 aliphatic heterocycles. The molecule has 1 rings (SSSR count). The first kappa shape index (κ1) is 16.7. The zero-order valence-corrected chi connectivity index (χ0v) is 13.9. The van der Waals surface area contributed by atoms with Crippen molar-refractivity contribution in [2.45, 2.75) is 26.4 Å². The van der Waals surface area contributed by atoms with Crippen LogP contribution in [-0.2, 0) is 4.74 Å². The molecule has 1 aromatic carbocycles. The molecule has 0 aromatic heterocycles. The van der Waals surface area contributed by atoms with Crippen LogP contribution in [0.15, 0.2) is 16.6 Å². The van der Waals surface area contributed by atoms with Crippen molar-refractivity contribution in [3.05, 3.63) is 27.2 Å². The van der Waals surface area contributed by atoms with E-state index in [1.807, 2.05) is 0 Å². The minimum Gasteiger partial charge on any atom is -0.444 e. The van der Waals surface area contributed by atoms with Crippen molar-refractivity contribution >= 4 is 39.3 Å². The molecule has 1 aromatic rings. The Morgan fingerprint density at radius 2 is 2.15 bits per heavy atom. The molecule has 0 saturated carbocycles. The minimum atomic E-state index is -0.527. The maximum absolute atomic E-state index is 11.4. The molecular formula is C14H16BrClN2O2. The van der Waals surface area contributed by atoms with E-state index in [-0.39, 0.29) is 6.54 Å². The number of ether oxygens (including phenoxy) is 1. The molecule has 108 valence electrons. The van der Waals surface area contributed by atoms with Gasteiger partial charge in [0.15, 0.2) is 0 Å². The van der Waals surface area contributed by atoms with Crippen LogP contribution in [-0.4, -0.2) is 18.2 Å². The topological polar surface area (TPSA) is 64.3 Å². The lowest BCUT2D eigenvalue weighted by atomic mass is 10.2. The van der Waals surface area contributed by atoms with Gasteiger partial charge >= 0.3 is 6.09 Å². The summed E-state index contributed by atoms with van der Waals surface area (Å²) >= 11 is 9.24. The van der Waals surface area contributed by atoms with E-state index < -0.39 is 11.7 Å². The van der Waals surface area contributed by atoms with Crippen LogP contribution in [0.2, 0.25) is 5.02 Å². The fraction of sp³-hybridized carbons (Fsp3) is 0.357. The Labute approximate surface area is 132 Å². The normalized spacial score (nSPS) is 10.4. The largest absolute Gasteiger partial charge is 0.444 e. The highest BCUT2D eigenvalue weighted by Gasteiger charge is 2.15. The van der Waals surface area contributed by atoms with Gasteiger partial charge in [0.05, 0.1) is 11.6 Å². The number of amides is 1. The molecule has 1 amide bonds. The highest BCUT2D eigenvalue weighted by atomic mass is 79.9. The van der Waals surface area contributed by atoms with Crippen molar-refractivity contribution < 1.29 is 9.53 Å². The van der Waals surface area contributed by atoms with Gasteiger partial charge in [-0.1, -0.05) is 23.4 Å². The van der Waals surface area contributed by atoms with Crippen molar-refractivity contribution in [1.82, 2.24) is 5.32 Å². The summed E-state index contributed by atoms with van der Waals surface area (Å²) in [6.45, 7) is 5.55. The van der Waals surface area contributed by atoms with Gasteiger partial charge in [0.2, 0.25) is 0 Å². The molecule has 0 bridgehead atoms. The molecule has 0 heterocycles. The number of hydrogen-bond donors (Lipinski definition) is 2.